The van der Waals surface area contributed by atoms with Crippen molar-refractivity contribution in [2.24, 2.45) is 0 Å². The smallest absolute Gasteiger partial charge is 0.406 e. The van der Waals surface area contributed by atoms with E-state index in [0.29, 0.717) is 4.90 Å². The van der Waals surface area contributed by atoms with Crippen LogP contribution in [0.5, 0.6) is 5.75 Å². The fraction of sp³-hybridized carbons (Fsp3) is 0.462. The number of rotatable bonds is 6. The number of nitrogens with zero attached hydrogens (tertiary/aromatic N) is 1. The van der Waals surface area contributed by atoms with Gasteiger partial charge in [0.25, 0.3) is 5.91 Å². The van der Waals surface area contributed by atoms with Gasteiger partial charge in [-0.2, -0.15) is 13.2 Å². The summed E-state index contributed by atoms with van der Waals surface area (Å²) in [5.74, 6) is -1.25. The summed E-state index contributed by atoms with van der Waals surface area (Å²) in [6.07, 6.45) is -5.76. The number of benzene rings is 1. The van der Waals surface area contributed by atoms with Crippen LogP contribution >= 0.6 is 0 Å². The SMILES string of the molecule is CC(Oc1ccc(F)cc1)C(=O)N(CCO)CC(F)(F)F. The van der Waals surface area contributed by atoms with Crippen LogP contribution in [0, 0.1) is 5.82 Å². The zero-order chi connectivity index (χ0) is 16.0. The quantitative estimate of drug-likeness (QED) is 0.818. The third-order valence-corrected chi connectivity index (χ3v) is 2.53. The Kier molecular flexibility index (Phi) is 5.95. The molecule has 0 aliphatic carbocycles. The van der Waals surface area contributed by atoms with E-state index in [1.54, 1.807) is 0 Å². The van der Waals surface area contributed by atoms with Gasteiger partial charge in [-0.05, 0) is 31.2 Å². The molecular formula is C13H15F4NO3. The summed E-state index contributed by atoms with van der Waals surface area (Å²) in [4.78, 5) is 12.4. The Morgan fingerprint density at radius 2 is 1.90 bits per heavy atom. The van der Waals surface area contributed by atoms with Crippen molar-refractivity contribution in [2.75, 3.05) is 19.7 Å². The van der Waals surface area contributed by atoms with Crippen LogP contribution in [0.4, 0.5) is 17.6 Å². The molecule has 0 radical (unpaired) electrons. The number of aliphatic hydroxyl groups is 1. The molecule has 0 aliphatic heterocycles. The number of aliphatic hydroxyl groups excluding tert-OH is 1. The highest BCUT2D eigenvalue weighted by atomic mass is 19.4. The Labute approximate surface area is 118 Å². The minimum atomic E-state index is -4.57. The number of halogens is 4. The molecule has 0 heterocycles. The molecule has 118 valence electrons. The maximum absolute atomic E-state index is 12.7. The summed E-state index contributed by atoms with van der Waals surface area (Å²) in [6.45, 7) is -1.23. The fourth-order valence-electron chi connectivity index (χ4n) is 1.63. The average molecular weight is 309 g/mol. The first-order valence-electron chi connectivity index (χ1n) is 6.11. The third kappa shape index (κ3) is 5.99. The Balaban J connectivity index is 2.71. The Morgan fingerprint density at radius 1 is 1.33 bits per heavy atom. The van der Waals surface area contributed by atoms with Crippen molar-refractivity contribution in [1.29, 1.82) is 0 Å². The molecule has 1 atom stereocenters. The maximum atomic E-state index is 12.7. The van der Waals surface area contributed by atoms with Crippen LogP contribution in [-0.2, 0) is 4.79 Å². The molecule has 0 aromatic heterocycles. The van der Waals surface area contributed by atoms with Crippen molar-refractivity contribution >= 4 is 5.91 Å². The van der Waals surface area contributed by atoms with Crippen LogP contribution in [0.25, 0.3) is 0 Å². The molecule has 21 heavy (non-hydrogen) atoms. The van der Waals surface area contributed by atoms with Gasteiger partial charge in [-0.15, -0.1) is 0 Å². The molecule has 0 bridgehead atoms. The number of hydrogen-bond donors (Lipinski definition) is 1. The van der Waals surface area contributed by atoms with Crippen molar-refractivity contribution < 1.29 is 32.2 Å². The van der Waals surface area contributed by atoms with Gasteiger partial charge in [0.1, 0.15) is 18.1 Å². The van der Waals surface area contributed by atoms with Crippen molar-refractivity contribution in [3.63, 3.8) is 0 Å². The second-order valence-electron chi connectivity index (χ2n) is 4.31. The van der Waals surface area contributed by atoms with Gasteiger partial charge in [-0.1, -0.05) is 0 Å². The highest BCUT2D eigenvalue weighted by molar-refractivity contribution is 5.81. The molecule has 1 amide bonds. The summed E-state index contributed by atoms with van der Waals surface area (Å²) < 4.78 is 55.0. The van der Waals surface area contributed by atoms with E-state index in [2.05, 4.69) is 0 Å². The van der Waals surface area contributed by atoms with Crippen LogP contribution in [0.15, 0.2) is 24.3 Å². The van der Waals surface area contributed by atoms with Gasteiger partial charge >= 0.3 is 6.18 Å². The molecule has 1 rings (SSSR count). The van der Waals surface area contributed by atoms with Crippen molar-refractivity contribution in [3.8, 4) is 5.75 Å². The summed E-state index contributed by atoms with van der Waals surface area (Å²) in [7, 11) is 0. The van der Waals surface area contributed by atoms with E-state index in [1.165, 1.54) is 19.1 Å². The Morgan fingerprint density at radius 3 is 2.38 bits per heavy atom. The molecule has 0 aliphatic rings. The highest BCUT2D eigenvalue weighted by Gasteiger charge is 2.34. The van der Waals surface area contributed by atoms with E-state index in [1.807, 2.05) is 0 Å². The minimum Gasteiger partial charge on any atom is -0.481 e. The molecule has 0 fully saturated rings. The Hall–Kier alpha value is -1.83. The normalized spacial score (nSPS) is 12.9. The molecule has 4 nitrogen and oxygen atoms in total. The average Bonchev–Trinajstić information content (AvgIpc) is 2.38. The van der Waals surface area contributed by atoms with Crippen LogP contribution in [0.1, 0.15) is 6.92 Å². The first-order chi connectivity index (χ1) is 9.73. The number of hydrogen-bond acceptors (Lipinski definition) is 3. The molecule has 0 spiro atoms. The van der Waals surface area contributed by atoms with Crippen molar-refractivity contribution in [3.05, 3.63) is 30.1 Å². The molecule has 0 saturated carbocycles. The molecule has 1 aromatic carbocycles. The third-order valence-electron chi connectivity index (χ3n) is 2.53. The number of alkyl halides is 3. The van der Waals surface area contributed by atoms with E-state index in [-0.39, 0.29) is 5.75 Å². The molecule has 1 unspecified atom stereocenters. The number of carbonyl (C=O) groups is 1. The second-order valence-corrected chi connectivity index (χ2v) is 4.31. The lowest BCUT2D eigenvalue weighted by Crippen LogP contribution is -2.46. The molecular weight excluding hydrogens is 294 g/mol. The van der Waals surface area contributed by atoms with Gasteiger partial charge < -0.3 is 14.7 Å². The van der Waals surface area contributed by atoms with Crippen molar-refractivity contribution in [1.82, 2.24) is 4.90 Å². The zero-order valence-corrected chi connectivity index (χ0v) is 11.2. The topological polar surface area (TPSA) is 49.8 Å². The van der Waals surface area contributed by atoms with Crippen LogP contribution < -0.4 is 4.74 Å². The van der Waals surface area contributed by atoms with Gasteiger partial charge in [-0.3, -0.25) is 4.79 Å². The minimum absolute atomic E-state index is 0.160. The first-order valence-corrected chi connectivity index (χ1v) is 6.11. The van der Waals surface area contributed by atoms with Gasteiger partial charge in [0, 0.05) is 6.54 Å². The predicted molar refractivity (Wildman–Crippen MR) is 66.2 cm³/mol. The van der Waals surface area contributed by atoms with E-state index in [9.17, 15) is 22.4 Å². The van der Waals surface area contributed by atoms with Crippen LogP contribution in [0.3, 0.4) is 0 Å². The first kappa shape index (κ1) is 17.2. The summed E-state index contributed by atoms with van der Waals surface area (Å²) in [6, 6.07) is 4.74. The molecule has 1 aromatic rings. The van der Waals surface area contributed by atoms with Crippen molar-refractivity contribution in [2.45, 2.75) is 19.2 Å². The molecule has 1 N–H and O–H groups in total. The standard InChI is InChI=1S/C13H15F4NO3/c1-9(21-11-4-2-10(14)3-5-11)12(20)18(6-7-19)8-13(15,16)17/h2-5,9,19H,6-8H2,1H3. The highest BCUT2D eigenvalue weighted by Crippen LogP contribution is 2.18. The van der Waals surface area contributed by atoms with E-state index < -0.39 is 43.7 Å². The maximum Gasteiger partial charge on any atom is 0.406 e. The summed E-state index contributed by atoms with van der Waals surface area (Å²) >= 11 is 0. The lowest BCUT2D eigenvalue weighted by molar-refractivity contribution is -0.165. The predicted octanol–water partition coefficient (Wildman–Crippen LogP) is 1.98. The lowest BCUT2D eigenvalue weighted by atomic mass is 10.3. The number of amides is 1. The number of carbonyl (C=O) groups excluding carboxylic acids is 1. The fourth-order valence-corrected chi connectivity index (χ4v) is 1.63. The zero-order valence-electron chi connectivity index (χ0n) is 11.2. The van der Waals surface area contributed by atoms with Gasteiger partial charge in [0.2, 0.25) is 0 Å². The van der Waals surface area contributed by atoms with E-state index in [4.69, 9.17) is 9.84 Å². The summed E-state index contributed by atoms with van der Waals surface area (Å²) in [5, 5.41) is 8.74. The second kappa shape index (κ2) is 7.26. The largest absolute Gasteiger partial charge is 0.481 e. The van der Waals surface area contributed by atoms with Gasteiger partial charge in [-0.25, -0.2) is 4.39 Å². The molecule has 0 saturated heterocycles. The van der Waals surface area contributed by atoms with E-state index in [0.717, 1.165) is 12.1 Å². The Bertz CT molecular complexity index is 461. The summed E-state index contributed by atoms with van der Waals surface area (Å²) in [5.41, 5.74) is 0. The molecule has 8 heteroatoms. The monoisotopic (exact) mass is 309 g/mol. The van der Waals surface area contributed by atoms with Crippen LogP contribution in [0.2, 0.25) is 0 Å². The number of ether oxygens (including phenoxy) is 1. The van der Waals surface area contributed by atoms with Gasteiger partial charge in [0.15, 0.2) is 6.10 Å². The lowest BCUT2D eigenvalue weighted by Gasteiger charge is -2.26. The van der Waals surface area contributed by atoms with E-state index >= 15 is 0 Å². The van der Waals surface area contributed by atoms with Gasteiger partial charge in [0.05, 0.1) is 6.61 Å². The van der Waals surface area contributed by atoms with Crippen LogP contribution in [-0.4, -0.2) is 47.9 Å².